The van der Waals surface area contributed by atoms with Crippen LogP contribution in [-0.4, -0.2) is 26.2 Å². The van der Waals surface area contributed by atoms with Crippen LogP contribution >= 0.6 is 0 Å². The Bertz CT molecular complexity index is 394. The molecule has 0 bridgehead atoms. The first-order valence-corrected chi connectivity index (χ1v) is 6.00. The van der Waals surface area contributed by atoms with Crippen LogP contribution in [0, 0.1) is 0 Å². The molecule has 100 valence electrons. The average Bonchev–Trinajstić information content (AvgIpc) is 2.36. The molecule has 0 aliphatic carbocycles. The molecule has 0 aliphatic rings. The lowest BCUT2D eigenvalue weighted by Crippen LogP contribution is -2.09. The number of benzene rings is 1. The maximum absolute atomic E-state index is 11.1. The van der Waals surface area contributed by atoms with E-state index in [1.54, 1.807) is 20.1 Å². The number of hydrogen-bond acceptors (Lipinski definition) is 5. The monoisotopic (exact) mass is 252 g/mol. The van der Waals surface area contributed by atoms with Crippen LogP contribution in [0.4, 0.5) is 11.4 Å². The van der Waals surface area contributed by atoms with Gasteiger partial charge in [0, 0.05) is 19.0 Å². The second-order valence-electron chi connectivity index (χ2n) is 3.79. The van der Waals surface area contributed by atoms with Crippen LogP contribution in [-0.2, 0) is 9.53 Å². The number of nitrogens with one attached hydrogen (secondary N) is 1. The van der Waals surface area contributed by atoms with Crippen molar-refractivity contribution in [1.82, 2.24) is 0 Å². The summed E-state index contributed by atoms with van der Waals surface area (Å²) in [5, 5.41) is 3.17. The molecule has 0 aromatic heterocycles. The Morgan fingerprint density at radius 1 is 1.44 bits per heavy atom. The first kappa shape index (κ1) is 14.2. The fourth-order valence-electron chi connectivity index (χ4n) is 1.52. The van der Waals surface area contributed by atoms with Crippen molar-refractivity contribution in [2.75, 3.05) is 31.3 Å². The Labute approximate surface area is 107 Å². The predicted molar refractivity (Wildman–Crippen MR) is 71.8 cm³/mol. The quantitative estimate of drug-likeness (QED) is 0.441. The number of methoxy groups -OCH3 is 1. The zero-order valence-electron chi connectivity index (χ0n) is 10.9. The lowest BCUT2D eigenvalue weighted by molar-refractivity contribution is -0.143. The van der Waals surface area contributed by atoms with E-state index in [1.807, 2.05) is 12.1 Å². The molecule has 0 aliphatic heterocycles. The van der Waals surface area contributed by atoms with Gasteiger partial charge in [0.15, 0.2) is 0 Å². The fraction of sp³-hybridized carbons (Fsp3) is 0.462. The highest BCUT2D eigenvalue weighted by molar-refractivity contribution is 5.70. The van der Waals surface area contributed by atoms with E-state index in [-0.39, 0.29) is 5.97 Å². The van der Waals surface area contributed by atoms with Crippen LogP contribution < -0.4 is 15.8 Å². The summed E-state index contributed by atoms with van der Waals surface area (Å²) in [6.45, 7) is 2.90. The minimum atomic E-state index is -0.165. The number of anilines is 2. The number of rotatable bonds is 7. The number of carbonyl (C=O) groups excluding carboxylic acids is 1. The van der Waals surface area contributed by atoms with Crippen molar-refractivity contribution in [1.29, 1.82) is 0 Å². The van der Waals surface area contributed by atoms with Gasteiger partial charge >= 0.3 is 5.97 Å². The highest BCUT2D eigenvalue weighted by Crippen LogP contribution is 2.23. The first-order valence-electron chi connectivity index (χ1n) is 6.00. The molecule has 0 radical (unpaired) electrons. The lowest BCUT2D eigenvalue weighted by Gasteiger charge is -2.10. The van der Waals surface area contributed by atoms with Gasteiger partial charge in [0.1, 0.15) is 5.75 Å². The molecular formula is C13H20N2O3. The summed E-state index contributed by atoms with van der Waals surface area (Å²) >= 11 is 0. The molecule has 5 heteroatoms. The summed E-state index contributed by atoms with van der Waals surface area (Å²) in [7, 11) is 1.60. The Hall–Kier alpha value is -1.91. The molecule has 5 nitrogen and oxygen atoms in total. The Balaban J connectivity index is 2.33. The van der Waals surface area contributed by atoms with Crippen LogP contribution in [0.2, 0.25) is 0 Å². The third-order valence-electron chi connectivity index (χ3n) is 2.44. The molecule has 0 atom stereocenters. The van der Waals surface area contributed by atoms with E-state index in [0.717, 1.165) is 11.4 Å². The maximum Gasteiger partial charge on any atom is 0.305 e. The molecule has 0 unspecified atom stereocenters. The summed E-state index contributed by atoms with van der Waals surface area (Å²) in [6, 6.07) is 5.45. The van der Waals surface area contributed by atoms with Gasteiger partial charge in [-0.1, -0.05) is 0 Å². The number of nitrogens with two attached hydrogens (primary N) is 1. The average molecular weight is 252 g/mol. The van der Waals surface area contributed by atoms with Crippen molar-refractivity contribution in [3.63, 3.8) is 0 Å². The number of ether oxygens (including phenoxy) is 2. The Kier molecular flexibility index (Phi) is 5.84. The van der Waals surface area contributed by atoms with Crippen LogP contribution in [0.3, 0.4) is 0 Å². The van der Waals surface area contributed by atoms with Crippen LogP contribution in [0.1, 0.15) is 19.8 Å². The van der Waals surface area contributed by atoms with Crippen molar-refractivity contribution < 1.29 is 14.3 Å². The zero-order chi connectivity index (χ0) is 13.4. The summed E-state index contributed by atoms with van der Waals surface area (Å²) in [5.41, 5.74) is 7.33. The molecule has 0 spiro atoms. The van der Waals surface area contributed by atoms with Gasteiger partial charge in [-0.15, -0.1) is 0 Å². The summed E-state index contributed by atoms with van der Waals surface area (Å²) in [5.74, 6) is 0.562. The van der Waals surface area contributed by atoms with Crippen LogP contribution in [0.25, 0.3) is 0 Å². The molecule has 18 heavy (non-hydrogen) atoms. The number of nitrogen functional groups attached to an aromatic ring is 1. The van der Waals surface area contributed by atoms with E-state index >= 15 is 0 Å². The summed E-state index contributed by atoms with van der Waals surface area (Å²) in [6.07, 6.45) is 1.13. The largest absolute Gasteiger partial charge is 0.497 e. The van der Waals surface area contributed by atoms with Crippen LogP contribution in [0.5, 0.6) is 5.75 Å². The van der Waals surface area contributed by atoms with Gasteiger partial charge in [0.2, 0.25) is 0 Å². The molecule has 0 heterocycles. The number of esters is 1. The van der Waals surface area contributed by atoms with E-state index in [4.69, 9.17) is 15.2 Å². The van der Waals surface area contributed by atoms with Crippen molar-refractivity contribution in [3.8, 4) is 5.75 Å². The van der Waals surface area contributed by atoms with Gasteiger partial charge in [-0.05, 0) is 25.5 Å². The highest BCUT2D eigenvalue weighted by Gasteiger charge is 2.03. The molecule has 3 N–H and O–H groups in total. The van der Waals surface area contributed by atoms with E-state index in [2.05, 4.69) is 5.32 Å². The molecule has 0 amide bonds. The molecule has 1 aromatic rings. The highest BCUT2D eigenvalue weighted by atomic mass is 16.5. The number of carbonyl (C=O) groups is 1. The normalized spacial score (nSPS) is 9.89. The lowest BCUT2D eigenvalue weighted by atomic mass is 10.2. The topological polar surface area (TPSA) is 73.6 Å². The van der Waals surface area contributed by atoms with Crippen molar-refractivity contribution >= 4 is 17.3 Å². The molecule has 0 fully saturated rings. The van der Waals surface area contributed by atoms with Crippen LogP contribution in [0.15, 0.2) is 18.2 Å². The third kappa shape index (κ3) is 4.53. The van der Waals surface area contributed by atoms with Crippen molar-refractivity contribution in [2.45, 2.75) is 19.8 Å². The van der Waals surface area contributed by atoms with Gasteiger partial charge in [-0.25, -0.2) is 0 Å². The minimum absolute atomic E-state index is 0.165. The SMILES string of the molecule is CCOC(=O)CCCNc1ccc(OC)cc1N. The van der Waals surface area contributed by atoms with Gasteiger partial charge in [-0.3, -0.25) is 4.79 Å². The maximum atomic E-state index is 11.1. The third-order valence-corrected chi connectivity index (χ3v) is 2.44. The Morgan fingerprint density at radius 2 is 2.22 bits per heavy atom. The smallest absolute Gasteiger partial charge is 0.305 e. The standard InChI is InChI=1S/C13H20N2O3/c1-3-18-13(16)5-4-8-15-12-7-6-10(17-2)9-11(12)14/h6-7,9,15H,3-5,8,14H2,1-2H3. The summed E-state index contributed by atoms with van der Waals surface area (Å²) < 4.78 is 9.91. The van der Waals surface area contributed by atoms with E-state index < -0.39 is 0 Å². The number of hydrogen-bond donors (Lipinski definition) is 2. The predicted octanol–water partition coefficient (Wildman–Crippen LogP) is 2.03. The van der Waals surface area contributed by atoms with Gasteiger partial charge in [0.25, 0.3) is 0 Å². The second kappa shape index (κ2) is 7.42. The molecule has 1 rings (SSSR count). The zero-order valence-corrected chi connectivity index (χ0v) is 10.9. The van der Waals surface area contributed by atoms with Crippen molar-refractivity contribution in [3.05, 3.63) is 18.2 Å². The molecule has 1 aromatic carbocycles. The molecule has 0 saturated carbocycles. The fourth-order valence-corrected chi connectivity index (χ4v) is 1.52. The molecular weight excluding hydrogens is 232 g/mol. The molecule has 0 saturated heterocycles. The van der Waals surface area contributed by atoms with Gasteiger partial charge in [0.05, 0.1) is 25.1 Å². The van der Waals surface area contributed by atoms with E-state index in [1.165, 1.54) is 0 Å². The van der Waals surface area contributed by atoms with Gasteiger partial charge < -0.3 is 20.5 Å². The first-order chi connectivity index (χ1) is 8.67. The minimum Gasteiger partial charge on any atom is -0.497 e. The van der Waals surface area contributed by atoms with Crippen molar-refractivity contribution in [2.24, 2.45) is 0 Å². The Morgan fingerprint density at radius 3 is 2.83 bits per heavy atom. The van der Waals surface area contributed by atoms with E-state index in [9.17, 15) is 4.79 Å². The summed E-state index contributed by atoms with van der Waals surface area (Å²) in [4.78, 5) is 11.1. The van der Waals surface area contributed by atoms with E-state index in [0.29, 0.717) is 31.7 Å². The second-order valence-corrected chi connectivity index (χ2v) is 3.79. The van der Waals surface area contributed by atoms with Gasteiger partial charge in [-0.2, -0.15) is 0 Å².